The molecule has 2 heterocycles. The molecule has 0 aliphatic carbocycles. The van der Waals surface area contributed by atoms with Gasteiger partial charge in [0.15, 0.2) is 0 Å². The van der Waals surface area contributed by atoms with Crippen LogP contribution in [0.2, 0.25) is 0 Å². The molecule has 0 spiro atoms. The van der Waals surface area contributed by atoms with Gasteiger partial charge in [0.1, 0.15) is 6.33 Å². The Kier molecular flexibility index (Phi) is 5.08. The molecule has 1 aromatic heterocycles. The van der Waals surface area contributed by atoms with Gasteiger partial charge < -0.3 is 10.2 Å². The second kappa shape index (κ2) is 6.81. The first-order chi connectivity index (χ1) is 8.79. The van der Waals surface area contributed by atoms with Gasteiger partial charge in [-0.05, 0) is 51.4 Å². The molecule has 18 heavy (non-hydrogen) atoms. The van der Waals surface area contributed by atoms with Gasteiger partial charge in [0.05, 0.1) is 5.69 Å². The van der Waals surface area contributed by atoms with Crippen molar-refractivity contribution in [3.63, 3.8) is 0 Å². The number of likely N-dealkylation sites (tertiary alicyclic amines) is 1. The summed E-state index contributed by atoms with van der Waals surface area (Å²) < 4.78 is 0. The zero-order valence-corrected chi connectivity index (χ0v) is 11.5. The van der Waals surface area contributed by atoms with Crippen molar-refractivity contribution in [2.24, 2.45) is 5.92 Å². The maximum atomic E-state index is 4.24. The highest BCUT2D eigenvalue weighted by Gasteiger charge is 2.22. The zero-order chi connectivity index (χ0) is 12.8. The molecule has 2 rings (SSSR count). The highest BCUT2D eigenvalue weighted by atomic mass is 15.1. The van der Waals surface area contributed by atoms with Gasteiger partial charge in [-0.1, -0.05) is 6.92 Å². The Morgan fingerprint density at radius 3 is 2.83 bits per heavy atom. The van der Waals surface area contributed by atoms with Crippen LogP contribution in [-0.4, -0.2) is 40.5 Å². The van der Waals surface area contributed by atoms with E-state index in [1.807, 2.05) is 6.07 Å². The van der Waals surface area contributed by atoms with E-state index in [9.17, 15) is 0 Å². The predicted octanol–water partition coefficient (Wildman–Crippen LogP) is 1.69. The topological polar surface area (TPSA) is 41.0 Å². The third-order valence-corrected chi connectivity index (χ3v) is 4.03. The van der Waals surface area contributed by atoms with Crippen molar-refractivity contribution in [3.8, 4) is 0 Å². The average molecular weight is 248 g/mol. The summed E-state index contributed by atoms with van der Waals surface area (Å²) in [5, 5.41) is 3.59. The van der Waals surface area contributed by atoms with Crippen LogP contribution in [0.1, 0.15) is 32.4 Å². The molecular weight excluding hydrogens is 224 g/mol. The first kappa shape index (κ1) is 13.4. The van der Waals surface area contributed by atoms with Crippen molar-refractivity contribution in [2.45, 2.75) is 39.3 Å². The number of nitrogens with one attached hydrogen (secondary N) is 1. The minimum Gasteiger partial charge on any atom is -0.308 e. The molecule has 4 nitrogen and oxygen atoms in total. The van der Waals surface area contributed by atoms with E-state index in [0.717, 1.165) is 18.2 Å². The van der Waals surface area contributed by atoms with Gasteiger partial charge in [0, 0.05) is 18.8 Å². The predicted molar refractivity (Wildman–Crippen MR) is 73.2 cm³/mol. The molecule has 4 heteroatoms. The van der Waals surface area contributed by atoms with Gasteiger partial charge in [0.25, 0.3) is 0 Å². The number of piperidine rings is 1. The summed E-state index contributed by atoms with van der Waals surface area (Å²) in [7, 11) is 0. The lowest BCUT2D eigenvalue weighted by Crippen LogP contribution is -2.41. The SMILES string of the molecule is CCN1CCC(C(C)NCc2ccncn2)CC1. The Morgan fingerprint density at radius 2 is 2.22 bits per heavy atom. The van der Waals surface area contributed by atoms with Gasteiger partial charge in [-0.15, -0.1) is 0 Å². The molecule has 1 aliphatic rings. The molecule has 1 saturated heterocycles. The first-order valence-electron chi connectivity index (χ1n) is 7.00. The monoisotopic (exact) mass is 248 g/mol. The fourth-order valence-corrected chi connectivity index (χ4v) is 2.62. The molecule has 0 bridgehead atoms. The van der Waals surface area contributed by atoms with Crippen molar-refractivity contribution in [1.29, 1.82) is 0 Å². The van der Waals surface area contributed by atoms with Crippen LogP contribution in [-0.2, 0) is 6.54 Å². The summed E-state index contributed by atoms with van der Waals surface area (Å²) in [5.41, 5.74) is 1.07. The lowest BCUT2D eigenvalue weighted by molar-refractivity contribution is 0.168. The molecule has 1 fully saturated rings. The van der Waals surface area contributed by atoms with E-state index in [-0.39, 0.29) is 0 Å². The maximum absolute atomic E-state index is 4.24. The number of rotatable bonds is 5. The van der Waals surface area contributed by atoms with Crippen LogP contribution in [0.15, 0.2) is 18.6 Å². The third kappa shape index (κ3) is 3.75. The van der Waals surface area contributed by atoms with E-state index in [4.69, 9.17) is 0 Å². The molecule has 1 atom stereocenters. The Labute approximate surface area is 110 Å². The molecule has 1 aromatic rings. The molecule has 0 radical (unpaired) electrons. The third-order valence-electron chi connectivity index (χ3n) is 4.03. The molecular formula is C14H24N4. The zero-order valence-electron chi connectivity index (χ0n) is 11.5. The van der Waals surface area contributed by atoms with Crippen molar-refractivity contribution in [3.05, 3.63) is 24.3 Å². The van der Waals surface area contributed by atoms with Crippen LogP contribution >= 0.6 is 0 Å². The van der Waals surface area contributed by atoms with Crippen molar-refractivity contribution in [1.82, 2.24) is 20.2 Å². The van der Waals surface area contributed by atoms with Crippen LogP contribution in [0.5, 0.6) is 0 Å². The van der Waals surface area contributed by atoms with Crippen molar-refractivity contribution >= 4 is 0 Å². The second-order valence-electron chi connectivity index (χ2n) is 5.14. The molecule has 1 unspecified atom stereocenters. The molecule has 0 aromatic carbocycles. The van der Waals surface area contributed by atoms with Crippen LogP contribution in [0.4, 0.5) is 0 Å². The van der Waals surface area contributed by atoms with Crippen LogP contribution in [0, 0.1) is 5.92 Å². The van der Waals surface area contributed by atoms with E-state index in [1.54, 1.807) is 12.5 Å². The number of hydrogen-bond acceptors (Lipinski definition) is 4. The summed E-state index contributed by atoms with van der Waals surface area (Å²) in [6.45, 7) is 9.08. The fraction of sp³-hybridized carbons (Fsp3) is 0.714. The highest BCUT2D eigenvalue weighted by molar-refractivity contribution is 4.97. The van der Waals surface area contributed by atoms with Crippen LogP contribution in [0.3, 0.4) is 0 Å². The Bertz CT molecular complexity index is 333. The summed E-state index contributed by atoms with van der Waals surface area (Å²) >= 11 is 0. The lowest BCUT2D eigenvalue weighted by Gasteiger charge is -2.34. The smallest absolute Gasteiger partial charge is 0.115 e. The van der Waals surface area contributed by atoms with Crippen molar-refractivity contribution < 1.29 is 0 Å². The normalized spacial score (nSPS) is 19.9. The lowest BCUT2D eigenvalue weighted by atomic mass is 9.90. The van der Waals surface area contributed by atoms with E-state index in [2.05, 4.69) is 34.0 Å². The molecule has 0 saturated carbocycles. The molecule has 100 valence electrons. The molecule has 1 N–H and O–H groups in total. The summed E-state index contributed by atoms with van der Waals surface area (Å²) in [6.07, 6.45) is 6.04. The van der Waals surface area contributed by atoms with Gasteiger partial charge in [0.2, 0.25) is 0 Å². The minimum atomic E-state index is 0.568. The van der Waals surface area contributed by atoms with E-state index >= 15 is 0 Å². The van der Waals surface area contributed by atoms with E-state index in [0.29, 0.717) is 6.04 Å². The number of aromatic nitrogens is 2. The highest BCUT2D eigenvalue weighted by Crippen LogP contribution is 2.20. The minimum absolute atomic E-state index is 0.568. The fourth-order valence-electron chi connectivity index (χ4n) is 2.62. The van der Waals surface area contributed by atoms with E-state index in [1.165, 1.54) is 32.5 Å². The van der Waals surface area contributed by atoms with Gasteiger partial charge >= 0.3 is 0 Å². The van der Waals surface area contributed by atoms with Crippen LogP contribution in [0.25, 0.3) is 0 Å². The summed E-state index contributed by atoms with van der Waals surface area (Å²) in [6, 6.07) is 2.54. The number of nitrogens with zero attached hydrogens (tertiary/aromatic N) is 3. The Morgan fingerprint density at radius 1 is 1.44 bits per heavy atom. The van der Waals surface area contributed by atoms with Gasteiger partial charge in [-0.3, -0.25) is 0 Å². The van der Waals surface area contributed by atoms with Crippen LogP contribution < -0.4 is 5.32 Å². The second-order valence-corrected chi connectivity index (χ2v) is 5.14. The standard InChI is InChI=1S/C14H24N4/c1-3-18-8-5-13(6-9-18)12(2)16-10-14-4-7-15-11-17-14/h4,7,11-13,16H,3,5-6,8-10H2,1-2H3. The van der Waals surface area contributed by atoms with Gasteiger partial charge in [-0.2, -0.15) is 0 Å². The number of hydrogen-bond donors (Lipinski definition) is 1. The maximum Gasteiger partial charge on any atom is 0.115 e. The largest absolute Gasteiger partial charge is 0.308 e. The Hall–Kier alpha value is -1.00. The first-order valence-corrected chi connectivity index (χ1v) is 7.00. The molecule has 1 aliphatic heterocycles. The quantitative estimate of drug-likeness (QED) is 0.861. The summed E-state index contributed by atoms with van der Waals surface area (Å²) in [4.78, 5) is 10.7. The summed E-state index contributed by atoms with van der Waals surface area (Å²) in [5.74, 6) is 0.801. The van der Waals surface area contributed by atoms with Crippen molar-refractivity contribution in [2.75, 3.05) is 19.6 Å². The van der Waals surface area contributed by atoms with Gasteiger partial charge in [-0.25, -0.2) is 9.97 Å². The van der Waals surface area contributed by atoms with E-state index < -0.39 is 0 Å². The Balaban J connectivity index is 1.73. The average Bonchev–Trinajstić information content (AvgIpc) is 2.46. The molecule has 0 amide bonds.